The van der Waals surface area contributed by atoms with Crippen molar-refractivity contribution in [3.05, 3.63) is 88.7 Å². The van der Waals surface area contributed by atoms with Crippen LogP contribution in [0.25, 0.3) is 33.1 Å². The van der Waals surface area contributed by atoms with Crippen LogP contribution in [0.1, 0.15) is 101 Å². The van der Waals surface area contributed by atoms with Gasteiger partial charge in [0, 0.05) is 90.6 Å². The van der Waals surface area contributed by atoms with Gasteiger partial charge in [0.2, 0.25) is 17.6 Å². The third-order valence-corrected chi connectivity index (χ3v) is 12.7. The number of nitrogens with zero attached hydrogens (tertiary/aromatic N) is 8. The number of carbonyl (C=O) groups is 4. The zero-order valence-electron chi connectivity index (χ0n) is 37.3. The Morgan fingerprint density at radius 3 is 2.67 bits per heavy atom. The molecule has 0 radical (unpaired) electrons. The van der Waals surface area contributed by atoms with E-state index in [2.05, 4.69) is 42.5 Å². The highest BCUT2D eigenvalue weighted by Gasteiger charge is 2.40. The van der Waals surface area contributed by atoms with E-state index in [9.17, 15) is 19.2 Å². The standard InChI is InChI=1S/C47H51N13O6/c1-5-60-38(21-34(56-60)27-12-13-27)52-43-41-30-20-37(65-4)31(40-25(2)57-66-26(40)3)19-35(30)51-42(41)54-44(55-43)46(63)49-17-8-18-58-22-28(50-24-58)9-7-16-48-33-11-6-10-29-32(33)23-59(47(29)64)36-14-15-39(61)53-45(36)62/h6,10-11,19-22,24,27,36,48H,5,7-9,12-18,23H2,1-4H3,(H,49,63)(H,53,61,62)(H2,51,52,54,55). The Hall–Kier alpha value is -7.57. The Morgan fingerprint density at radius 2 is 1.89 bits per heavy atom. The number of ether oxygens (including phenoxy) is 1. The Labute approximate surface area is 379 Å². The molecule has 1 aliphatic carbocycles. The number of piperidine rings is 1. The Balaban J connectivity index is 0.783. The predicted molar refractivity (Wildman–Crippen MR) is 245 cm³/mol. The van der Waals surface area contributed by atoms with Gasteiger partial charge >= 0.3 is 0 Å². The number of fused-ring (bicyclic) bond motifs is 4. The van der Waals surface area contributed by atoms with Crippen LogP contribution in [0.15, 0.2) is 53.4 Å². The molecule has 19 nitrogen and oxygen atoms in total. The molecular formula is C47H51N13O6. The Kier molecular flexibility index (Phi) is 11.2. The monoisotopic (exact) mass is 893 g/mol. The lowest BCUT2D eigenvalue weighted by Gasteiger charge is -2.29. The van der Waals surface area contributed by atoms with Crippen molar-refractivity contribution >= 4 is 62.9 Å². The van der Waals surface area contributed by atoms with Crippen molar-refractivity contribution in [2.45, 2.75) is 97.3 Å². The van der Waals surface area contributed by atoms with Gasteiger partial charge in [-0.05, 0) is 83.6 Å². The molecule has 1 atom stereocenters. The number of aromatic nitrogens is 8. The van der Waals surface area contributed by atoms with Crippen LogP contribution in [0.2, 0.25) is 0 Å². The van der Waals surface area contributed by atoms with Crippen molar-refractivity contribution in [1.29, 1.82) is 0 Å². The summed E-state index contributed by atoms with van der Waals surface area (Å²) in [5.41, 5.74) is 7.99. The zero-order valence-corrected chi connectivity index (χ0v) is 37.3. The van der Waals surface area contributed by atoms with Gasteiger partial charge in [0.15, 0.2) is 0 Å². The van der Waals surface area contributed by atoms with Gasteiger partial charge in [-0.1, -0.05) is 11.2 Å². The Morgan fingerprint density at radius 1 is 1.03 bits per heavy atom. The lowest BCUT2D eigenvalue weighted by Crippen LogP contribution is -2.52. The maximum Gasteiger partial charge on any atom is 0.289 e. The molecule has 5 N–H and O–H groups in total. The molecular weight excluding hydrogens is 843 g/mol. The highest BCUT2D eigenvalue weighted by atomic mass is 16.5. The van der Waals surface area contributed by atoms with Gasteiger partial charge < -0.3 is 39.7 Å². The fraction of sp³-hybridized carbons (Fsp3) is 0.383. The van der Waals surface area contributed by atoms with Crippen molar-refractivity contribution in [1.82, 2.24) is 55.0 Å². The topological polar surface area (TPSA) is 232 Å². The van der Waals surface area contributed by atoms with Crippen molar-refractivity contribution in [3.63, 3.8) is 0 Å². The van der Waals surface area contributed by atoms with E-state index in [1.807, 2.05) is 60.5 Å². The van der Waals surface area contributed by atoms with Crippen molar-refractivity contribution in [2.24, 2.45) is 0 Å². The first-order valence-electron chi connectivity index (χ1n) is 22.6. The number of aryl methyl sites for hydroxylation is 5. The average Bonchev–Trinajstić information content (AvgIpc) is 3.56. The number of H-pyrrole nitrogens is 1. The number of aromatic amines is 1. The summed E-state index contributed by atoms with van der Waals surface area (Å²) < 4.78 is 15.3. The van der Waals surface area contributed by atoms with Crippen LogP contribution in [0.5, 0.6) is 5.75 Å². The van der Waals surface area contributed by atoms with E-state index >= 15 is 0 Å². The molecule has 2 aliphatic heterocycles. The molecule has 2 fully saturated rings. The number of hydrogen-bond donors (Lipinski definition) is 5. The quantitative estimate of drug-likeness (QED) is 0.0518. The Bertz CT molecular complexity index is 3030. The number of hydrogen-bond acceptors (Lipinski definition) is 13. The highest BCUT2D eigenvalue weighted by molar-refractivity contribution is 6.14. The molecule has 3 aliphatic rings. The third kappa shape index (κ3) is 8.09. The van der Waals surface area contributed by atoms with Gasteiger partial charge in [0.05, 0.1) is 41.5 Å². The number of anilines is 3. The second kappa shape index (κ2) is 17.4. The van der Waals surface area contributed by atoms with Crippen LogP contribution < -0.4 is 26.0 Å². The van der Waals surface area contributed by atoms with Crippen LogP contribution >= 0.6 is 0 Å². The fourth-order valence-electron chi connectivity index (χ4n) is 9.17. The number of methoxy groups -OCH3 is 1. The molecule has 7 aromatic rings. The van der Waals surface area contributed by atoms with Gasteiger partial charge in [-0.3, -0.25) is 24.5 Å². The van der Waals surface area contributed by atoms with Crippen LogP contribution in [0.3, 0.4) is 0 Å². The van der Waals surface area contributed by atoms with Crippen LogP contribution in [0, 0.1) is 13.8 Å². The van der Waals surface area contributed by atoms with E-state index < -0.39 is 17.9 Å². The minimum atomic E-state index is -0.655. The molecule has 19 heteroatoms. The molecule has 66 heavy (non-hydrogen) atoms. The zero-order chi connectivity index (χ0) is 45.6. The normalized spacial score (nSPS) is 16.0. The number of amides is 4. The molecule has 0 bridgehead atoms. The van der Waals surface area contributed by atoms with Crippen LogP contribution in [-0.2, 0) is 35.6 Å². The predicted octanol–water partition coefficient (Wildman–Crippen LogP) is 6.05. The molecule has 340 valence electrons. The number of nitrogens with one attached hydrogen (secondary N) is 5. The number of carbonyl (C=O) groups excluding carboxylic acids is 4. The first-order chi connectivity index (χ1) is 32.1. The summed E-state index contributed by atoms with van der Waals surface area (Å²) in [5.74, 6) is 1.73. The van der Waals surface area contributed by atoms with E-state index in [1.165, 1.54) is 0 Å². The van der Waals surface area contributed by atoms with Crippen molar-refractivity contribution in [3.8, 4) is 16.9 Å². The minimum absolute atomic E-state index is 0.0247. The van der Waals surface area contributed by atoms with E-state index in [4.69, 9.17) is 24.3 Å². The maximum absolute atomic E-state index is 13.8. The van der Waals surface area contributed by atoms with Gasteiger partial charge in [-0.25, -0.2) is 19.6 Å². The number of imidazole rings is 1. The maximum atomic E-state index is 13.8. The molecule has 1 unspecified atom stereocenters. The van der Waals surface area contributed by atoms with Crippen LogP contribution in [0.4, 0.5) is 17.3 Å². The lowest BCUT2D eigenvalue weighted by molar-refractivity contribution is -0.136. The van der Waals surface area contributed by atoms with Crippen LogP contribution in [-0.4, -0.2) is 94.2 Å². The van der Waals surface area contributed by atoms with Gasteiger partial charge in [0.1, 0.15) is 34.8 Å². The van der Waals surface area contributed by atoms with Crippen molar-refractivity contribution in [2.75, 3.05) is 30.8 Å². The molecule has 4 amide bonds. The van der Waals surface area contributed by atoms with E-state index in [0.29, 0.717) is 85.4 Å². The van der Waals surface area contributed by atoms with E-state index in [0.717, 1.165) is 81.9 Å². The molecule has 1 saturated heterocycles. The summed E-state index contributed by atoms with van der Waals surface area (Å²) in [6.45, 7) is 8.48. The summed E-state index contributed by atoms with van der Waals surface area (Å²) in [6.07, 6.45) is 8.80. The van der Waals surface area contributed by atoms with Gasteiger partial charge in [0.25, 0.3) is 11.8 Å². The third-order valence-electron chi connectivity index (χ3n) is 12.7. The van der Waals surface area contributed by atoms with Crippen molar-refractivity contribution < 1.29 is 28.4 Å². The summed E-state index contributed by atoms with van der Waals surface area (Å²) >= 11 is 0. The second-order valence-corrected chi connectivity index (χ2v) is 17.2. The SMILES string of the molecule is CCn1nc(C2CC2)cc1Nc1nc(C(=O)NCCCn2cnc(CCCNc3cccc4c3CN(C3CCC(=O)NC3=O)C4=O)c2)nc2[nH]c3cc(-c4c(C)noc4C)c(OC)cc3c12. The molecule has 0 spiro atoms. The minimum Gasteiger partial charge on any atom is -0.496 e. The number of imide groups is 1. The van der Waals surface area contributed by atoms with Gasteiger partial charge in [-0.2, -0.15) is 5.10 Å². The molecule has 5 aromatic heterocycles. The first-order valence-corrected chi connectivity index (χ1v) is 22.6. The van der Waals surface area contributed by atoms with Gasteiger partial charge in [-0.15, -0.1) is 0 Å². The second-order valence-electron chi connectivity index (χ2n) is 17.2. The highest BCUT2D eigenvalue weighted by Crippen LogP contribution is 2.43. The smallest absolute Gasteiger partial charge is 0.289 e. The molecule has 2 aromatic carbocycles. The molecule has 7 heterocycles. The van der Waals surface area contributed by atoms with E-state index in [1.54, 1.807) is 24.4 Å². The lowest BCUT2D eigenvalue weighted by atomic mass is 10.0. The summed E-state index contributed by atoms with van der Waals surface area (Å²) in [4.78, 5) is 70.4. The average molecular weight is 894 g/mol. The number of rotatable bonds is 17. The summed E-state index contributed by atoms with van der Waals surface area (Å²) in [7, 11) is 1.63. The fourth-order valence-corrected chi connectivity index (χ4v) is 9.17. The summed E-state index contributed by atoms with van der Waals surface area (Å²) in [6, 6.07) is 10.9. The summed E-state index contributed by atoms with van der Waals surface area (Å²) in [5, 5.41) is 22.9. The first kappa shape index (κ1) is 42.4. The molecule has 10 rings (SSSR count). The molecule has 1 saturated carbocycles. The largest absolute Gasteiger partial charge is 0.496 e. The van der Waals surface area contributed by atoms with E-state index in [-0.39, 0.29) is 24.1 Å². The number of benzene rings is 2.